The van der Waals surface area contributed by atoms with Crippen molar-refractivity contribution < 1.29 is 9.18 Å². The SMILES string of the molecule is CNc1cnc(C(=O)N(C)c2ccccc2F)cn1. The van der Waals surface area contributed by atoms with Gasteiger partial charge in [-0.15, -0.1) is 0 Å². The van der Waals surface area contributed by atoms with Gasteiger partial charge in [-0.25, -0.2) is 14.4 Å². The van der Waals surface area contributed by atoms with Crippen LogP contribution in [0.2, 0.25) is 0 Å². The molecule has 0 spiro atoms. The van der Waals surface area contributed by atoms with Crippen molar-refractivity contribution in [3.63, 3.8) is 0 Å². The van der Waals surface area contributed by atoms with Crippen molar-refractivity contribution in [1.82, 2.24) is 9.97 Å². The first-order valence-electron chi connectivity index (χ1n) is 5.66. The van der Waals surface area contributed by atoms with E-state index in [1.165, 1.54) is 36.5 Å². The van der Waals surface area contributed by atoms with Gasteiger partial charge in [-0.2, -0.15) is 0 Å². The van der Waals surface area contributed by atoms with Crippen LogP contribution >= 0.6 is 0 Å². The molecule has 1 N–H and O–H groups in total. The number of nitrogens with zero attached hydrogens (tertiary/aromatic N) is 3. The van der Waals surface area contributed by atoms with E-state index in [2.05, 4.69) is 15.3 Å². The van der Waals surface area contributed by atoms with Crippen LogP contribution in [-0.2, 0) is 0 Å². The molecule has 1 amide bonds. The Balaban J connectivity index is 2.26. The highest BCUT2D eigenvalue weighted by molar-refractivity contribution is 6.04. The molecule has 1 heterocycles. The zero-order valence-corrected chi connectivity index (χ0v) is 10.6. The number of carbonyl (C=O) groups excluding carboxylic acids is 1. The van der Waals surface area contributed by atoms with Gasteiger partial charge in [-0.1, -0.05) is 12.1 Å². The minimum Gasteiger partial charge on any atom is -0.372 e. The molecule has 0 atom stereocenters. The second kappa shape index (κ2) is 5.43. The zero-order valence-electron chi connectivity index (χ0n) is 10.6. The van der Waals surface area contributed by atoms with E-state index in [0.29, 0.717) is 5.82 Å². The summed E-state index contributed by atoms with van der Waals surface area (Å²) in [5.41, 5.74) is 0.358. The smallest absolute Gasteiger partial charge is 0.278 e. The first kappa shape index (κ1) is 12.9. The molecule has 0 aliphatic heterocycles. The molecule has 0 unspecified atom stereocenters. The number of carbonyl (C=O) groups is 1. The molecule has 0 saturated carbocycles. The van der Waals surface area contributed by atoms with Crippen LogP contribution in [0.1, 0.15) is 10.5 Å². The standard InChI is InChI=1S/C13H13FN4O/c1-15-12-8-16-10(7-17-12)13(19)18(2)11-6-4-3-5-9(11)14/h3-8H,1-2H3,(H,15,17). The molecule has 0 fully saturated rings. The largest absolute Gasteiger partial charge is 0.372 e. The Bertz CT molecular complexity index is 585. The number of aromatic nitrogens is 2. The normalized spacial score (nSPS) is 10.1. The number of para-hydroxylation sites is 1. The Morgan fingerprint density at radius 2 is 2.00 bits per heavy atom. The van der Waals surface area contributed by atoms with Gasteiger partial charge < -0.3 is 10.2 Å². The zero-order chi connectivity index (χ0) is 13.8. The molecular formula is C13H13FN4O. The summed E-state index contributed by atoms with van der Waals surface area (Å²) >= 11 is 0. The van der Waals surface area contributed by atoms with E-state index in [1.54, 1.807) is 19.2 Å². The third kappa shape index (κ3) is 2.67. The van der Waals surface area contributed by atoms with Crippen molar-refractivity contribution in [2.45, 2.75) is 0 Å². The Morgan fingerprint density at radius 3 is 2.58 bits per heavy atom. The number of hydrogen-bond acceptors (Lipinski definition) is 4. The summed E-state index contributed by atoms with van der Waals surface area (Å²) in [6.45, 7) is 0. The van der Waals surface area contributed by atoms with Gasteiger partial charge >= 0.3 is 0 Å². The van der Waals surface area contributed by atoms with E-state index in [0.717, 1.165) is 0 Å². The van der Waals surface area contributed by atoms with Gasteiger partial charge in [0, 0.05) is 14.1 Å². The molecule has 6 heteroatoms. The highest BCUT2D eigenvalue weighted by Crippen LogP contribution is 2.18. The van der Waals surface area contributed by atoms with Gasteiger partial charge in [0.25, 0.3) is 5.91 Å². The maximum Gasteiger partial charge on any atom is 0.278 e. The number of anilines is 2. The predicted octanol–water partition coefficient (Wildman–Crippen LogP) is 1.93. The van der Waals surface area contributed by atoms with Crippen LogP contribution < -0.4 is 10.2 Å². The third-order valence-electron chi connectivity index (χ3n) is 2.65. The van der Waals surface area contributed by atoms with Crippen LogP contribution in [0.15, 0.2) is 36.7 Å². The average molecular weight is 260 g/mol. The van der Waals surface area contributed by atoms with Gasteiger partial charge in [0.05, 0.1) is 18.1 Å². The minimum atomic E-state index is -0.460. The van der Waals surface area contributed by atoms with Crippen molar-refractivity contribution in [3.8, 4) is 0 Å². The molecule has 0 aliphatic rings. The van der Waals surface area contributed by atoms with Crippen LogP contribution in [0, 0.1) is 5.82 Å². The summed E-state index contributed by atoms with van der Waals surface area (Å²) in [5.74, 6) is -0.316. The number of hydrogen-bond donors (Lipinski definition) is 1. The van der Waals surface area contributed by atoms with Crippen molar-refractivity contribution in [2.24, 2.45) is 0 Å². The molecule has 2 rings (SSSR count). The maximum absolute atomic E-state index is 13.6. The number of nitrogens with one attached hydrogen (secondary N) is 1. The molecule has 0 radical (unpaired) electrons. The maximum atomic E-state index is 13.6. The number of amides is 1. The lowest BCUT2D eigenvalue weighted by atomic mass is 10.2. The van der Waals surface area contributed by atoms with Crippen molar-refractivity contribution in [2.75, 3.05) is 24.3 Å². The summed E-state index contributed by atoms with van der Waals surface area (Å²) in [4.78, 5) is 21.3. The van der Waals surface area contributed by atoms with Gasteiger partial charge in [0.15, 0.2) is 0 Å². The Morgan fingerprint density at radius 1 is 1.26 bits per heavy atom. The summed E-state index contributed by atoms with van der Waals surface area (Å²) in [7, 11) is 3.20. The van der Waals surface area contributed by atoms with Gasteiger partial charge in [0.1, 0.15) is 17.3 Å². The third-order valence-corrected chi connectivity index (χ3v) is 2.65. The van der Waals surface area contributed by atoms with Crippen molar-refractivity contribution in [3.05, 3.63) is 48.2 Å². The summed E-state index contributed by atoms with van der Waals surface area (Å²) in [5, 5.41) is 2.80. The van der Waals surface area contributed by atoms with Gasteiger partial charge in [0.2, 0.25) is 0 Å². The average Bonchev–Trinajstić information content (AvgIpc) is 2.46. The van der Waals surface area contributed by atoms with Crippen molar-refractivity contribution in [1.29, 1.82) is 0 Å². The highest BCUT2D eigenvalue weighted by atomic mass is 19.1. The first-order valence-corrected chi connectivity index (χ1v) is 5.66. The number of benzene rings is 1. The highest BCUT2D eigenvalue weighted by Gasteiger charge is 2.17. The minimum absolute atomic E-state index is 0.157. The van der Waals surface area contributed by atoms with E-state index in [9.17, 15) is 9.18 Å². The van der Waals surface area contributed by atoms with Crippen molar-refractivity contribution >= 4 is 17.4 Å². The van der Waals surface area contributed by atoms with Crippen LogP contribution in [0.25, 0.3) is 0 Å². The summed E-state index contributed by atoms with van der Waals surface area (Å²) in [6.07, 6.45) is 2.80. The van der Waals surface area contributed by atoms with E-state index in [1.807, 2.05) is 0 Å². The molecule has 2 aromatic rings. The fourth-order valence-corrected chi connectivity index (χ4v) is 1.57. The lowest BCUT2D eigenvalue weighted by molar-refractivity contribution is 0.0987. The molecule has 1 aromatic heterocycles. The molecule has 0 bridgehead atoms. The predicted molar refractivity (Wildman–Crippen MR) is 70.7 cm³/mol. The molecule has 98 valence electrons. The van der Waals surface area contributed by atoms with Gasteiger partial charge in [-0.3, -0.25) is 4.79 Å². The van der Waals surface area contributed by atoms with Crippen LogP contribution in [0.4, 0.5) is 15.9 Å². The van der Waals surface area contributed by atoms with Gasteiger partial charge in [-0.05, 0) is 12.1 Å². The first-order chi connectivity index (χ1) is 9.13. The second-order valence-electron chi connectivity index (χ2n) is 3.85. The summed E-state index contributed by atoms with van der Waals surface area (Å²) < 4.78 is 13.6. The van der Waals surface area contributed by atoms with E-state index in [-0.39, 0.29) is 11.4 Å². The van der Waals surface area contributed by atoms with E-state index in [4.69, 9.17) is 0 Å². The fourth-order valence-electron chi connectivity index (χ4n) is 1.57. The van der Waals surface area contributed by atoms with E-state index < -0.39 is 11.7 Å². The van der Waals surface area contributed by atoms with Crippen LogP contribution in [0.3, 0.4) is 0 Å². The molecule has 1 aromatic carbocycles. The Kier molecular flexibility index (Phi) is 3.70. The monoisotopic (exact) mass is 260 g/mol. The van der Waals surface area contributed by atoms with Crippen LogP contribution in [-0.4, -0.2) is 30.0 Å². The second-order valence-corrected chi connectivity index (χ2v) is 3.85. The summed E-state index contributed by atoms with van der Waals surface area (Å²) in [6, 6.07) is 6.06. The molecule has 0 aliphatic carbocycles. The number of halogens is 1. The number of rotatable bonds is 3. The lowest BCUT2D eigenvalue weighted by Crippen LogP contribution is -2.28. The fraction of sp³-hybridized carbons (Fsp3) is 0.154. The van der Waals surface area contributed by atoms with Crippen LogP contribution in [0.5, 0.6) is 0 Å². The Labute approximate surface area is 110 Å². The van der Waals surface area contributed by atoms with E-state index >= 15 is 0 Å². The Hall–Kier alpha value is -2.50. The topological polar surface area (TPSA) is 58.1 Å². The quantitative estimate of drug-likeness (QED) is 0.916. The molecule has 5 nitrogen and oxygen atoms in total. The molecular weight excluding hydrogens is 247 g/mol. The molecule has 0 saturated heterocycles. The molecule has 19 heavy (non-hydrogen) atoms. The lowest BCUT2D eigenvalue weighted by Gasteiger charge is -2.17.